The standard InChI is InChI=1S/C16H15F2N2/c17-16(18)7-9-20(12-16)11-13-3-5-14(6-4-13)15-2-1-8-19-10-15/h2-6,8,10H,7,9,11-12H2. The molecule has 0 spiro atoms. The molecular weight excluding hydrogens is 258 g/mol. The third-order valence-corrected chi connectivity index (χ3v) is 3.54. The summed E-state index contributed by atoms with van der Waals surface area (Å²) in [6.45, 7) is 0.910. The molecule has 3 rings (SSSR count). The molecule has 0 unspecified atom stereocenters. The summed E-state index contributed by atoms with van der Waals surface area (Å²) < 4.78 is 26.3. The van der Waals surface area contributed by atoms with Gasteiger partial charge >= 0.3 is 0 Å². The Morgan fingerprint density at radius 1 is 1.20 bits per heavy atom. The lowest BCUT2D eigenvalue weighted by Gasteiger charge is -2.15. The molecule has 0 bridgehead atoms. The molecular formula is C16H15F2N2. The molecule has 2 heterocycles. The number of benzene rings is 1. The Kier molecular flexibility index (Phi) is 3.49. The molecule has 2 nitrogen and oxygen atoms in total. The summed E-state index contributed by atoms with van der Waals surface area (Å²) in [6.07, 6.45) is 3.37. The molecule has 0 aliphatic carbocycles. The Morgan fingerprint density at radius 2 is 2.00 bits per heavy atom. The summed E-state index contributed by atoms with van der Waals surface area (Å²) in [5, 5.41) is 0. The van der Waals surface area contributed by atoms with Gasteiger partial charge in [0.25, 0.3) is 5.92 Å². The minimum absolute atomic E-state index is 0.0311. The number of pyridine rings is 1. The predicted octanol–water partition coefficient (Wildman–Crippen LogP) is 3.39. The number of hydrogen-bond acceptors (Lipinski definition) is 2. The van der Waals surface area contributed by atoms with Crippen LogP contribution in [-0.4, -0.2) is 28.9 Å². The van der Waals surface area contributed by atoms with Crippen LogP contribution in [-0.2, 0) is 6.54 Å². The van der Waals surface area contributed by atoms with Crippen molar-refractivity contribution in [2.75, 3.05) is 13.1 Å². The molecule has 0 amide bonds. The Hall–Kier alpha value is -1.81. The Labute approximate surface area is 117 Å². The molecule has 20 heavy (non-hydrogen) atoms. The van der Waals surface area contributed by atoms with Crippen LogP contribution in [0.5, 0.6) is 0 Å². The number of hydrogen-bond donors (Lipinski definition) is 0. The van der Waals surface area contributed by atoms with E-state index in [0.717, 1.165) is 16.7 Å². The fourth-order valence-electron chi connectivity index (χ4n) is 2.49. The SMILES string of the molecule is FC1(F)CCN(Cc2ccc(-c3c[c]cnc3)cc2)C1. The maximum Gasteiger partial charge on any atom is 0.261 e. The second-order valence-corrected chi connectivity index (χ2v) is 5.19. The van der Waals surface area contributed by atoms with Gasteiger partial charge in [0.05, 0.1) is 6.54 Å². The van der Waals surface area contributed by atoms with E-state index in [1.807, 2.05) is 30.3 Å². The Morgan fingerprint density at radius 3 is 2.60 bits per heavy atom. The first kappa shape index (κ1) is 13.2. The van der Waals surface area contributed by atoms with Crippen molar-refractivity contribution in [3.8, 4) is 11.1 Å². The molecule has 1 fully saturated rings. The minimum atomic E-state index is -2.52. The van der Waals surface area contributed by atoms with E-state index in [0.29, 0.717) is 13.1 Å². The van der Waals surface area contributed by atoms with Crippen molar-refractivity contribution in [3.05, 3.63) is 54.4 Å². The molecule has 1 aliphatic rings. The van der Waals surface area contributed by atoms with Gasteiger partial charge in [0.15, 0.2) is 0 Å². The zero-order valence-corrected chi connectivity index (χ0v) is 11.0. The van der Waals surface area contributed by atoms with Crippen LogP contribution in [0.3, 0.4) is 0 Å². The largest absolute Gasteiger partial charge is 0.293 e. The van der Waals surface area contributed by atoms with E-state index in [1.54, 1.807) is 17.3 Å². The normalized spacial score (nSPS) is 18.3. The number of halogens is 2. The molecule has 0 saturated carbocycles. The summed E-state index contributed by atoms with van der Waals surface area (Å²) in [7, 11) is 0. The monoisotopic (exact) mass is 273 g/mol. The first-order valence-electron chi connectivity index (χ1n) is 6.63. The molecule has 0 atom stereocenters. The van der Waals surface area contributed by atoms with Crippen molar-refractivity contribution in [1.82, 2.24) is 9.88 Å². The van der Waals surface area contributed by atoms with Crippen LogP contribution < -0.4 is 0 Å². The van der Waals surface area contributed by atoms with E-state index >= 15 is 0 Å². The van der Waals surface area contributed by atoms with Crippen LogP contribution in [0, 0.1) is 6.07 Å². The van der Waals surface area contributed by atoms with Gasteiger partial charge in [0.2, 0.25) is 0 Å². The van der Waals surface area contributed by atoms with Crippen molar-refractivity contribution in [2.24, 2.45) is 0 Å². The number of likely N-dealkylation sites (tertiary alicyclic amines) is 1. The van der Waals surface area contributed by atoms with Crippen LogP contribution in [0.2, 0.25) is 0 Å². The van der Waals surface area contributed by atoms with E-state index in [9.17, 15) is 8.78 Å². The molecule has 1 saturated heterocycles. The smallest absolute Gasteiger partial charge is 0.261 e. The zero-order valence-electron chi connectivity index (χ0n) is 11.0. The lowest BCUT2D eigenvalue weighted by atomic mass is 10.1. The second kappa shape index (κ2) is 5.29. The molecule has 1 aliphatic heterocycles. The van der Waals surface area contributed by atoms with Crippen molar-refractivity contribution in [1.29, 1.82) is 0 Å². The van der Waals surface area contributed by atoms with Gasteiger partial charge in [-0.1, -0.05) is 24.3 Å². The second-order valence-electron chi connectivity index (χ2n) is 5.19. The van der Waals surface area contributed by atoms with Crippen LogP contribution in [0.15, 0.2) is 42.7 Å². The zero-order chi connectivity index (χ0) is 14.0. The first-order valence-corrected chi connectivity index (χ1v) is 6.63. The highest BCUT2D eigenvalue weighted by molar-refractivity contribution is 5.62. The van der Waals surface area contributed by atoms with Gasteiger partial charge in [-0.05, 0) is 17.2 Å². The van der Waals surface area contributed by atoms with Gasteiger partial charge in [-0.2, -0.15) is 0 Å². The van der Waals surface area contributed by atoms with Gasteiger partial charge in [0.1, 0.15) is 0 Å². The molecule has 103 valence electrons. The molecule has 4 heteroatoms. The van der Waals surface area contributed by atoms with Crippen LogP contribution in [0.25, 0.3) is 11.1 Å². The fourth-order valence-corrected chi connectivity index (χ4v) is 2.49. The number of rotatable bonds is 3. The van der Waals surface area contributed by atoms with Crippen LogP contribution in [0.4, 0.5) is 8.78 Å². The van der Waals surface area contributed by atoms with E-state index < -0.39 is 5.92 Å². The van der Waals surface area contributed by atoms with Gasteiger partial charge in [-0.15, -0.1) is 0 Å². The van der Waals surface area contributed by atoms with E-state index in [-0.39, 0.29) is 13.0 Å². The highest BCUT2D eigenvalue weighted by Crippen LogP contribution is 2.28. The maximum absolute atomic E-state index is 13.1. The van der Waals surface area contributed by atoms with Crippen molar-refractivity contribution < 1.29 is 8.78 Å². The summed E-state index contributed by atoms with van der Waals surface area (Å²) in [5.74, 6) is -2.52. The van der Waals surface area contributed by atoms with Gasteiger partial charge in [-0.3, -0.25) is 9.88 Å². The van der Waals surface area contributed by atoms with Crippen LogP contribution in [0.1, 0.15) is 12.0 Å². The predicted molar refractivity (Wildman–Crippen MR) is 73.4 cm³/mol. The number of aromatic nitrogens is 1. The third-order valence-electron chi connectivity index (χ3n) is 3.54. The molecule has 1 aromatic heterocycles. The first-order chi connectivity index (χ1) is 9.62. The summed E-state index contributed by atoms with van der Waals surface area (Å²) >= 11 is 0. The van der Waals surface area contributed by atoms with Crippen molar-refractivity contribution in [3.63, 3.8) is 0 Å². The quantitative estimate of drug-likeness (QED) is 0.852. The Balaban J connectivity index is 1.68. The van der Waals surface area contributed by atoms with Gasteiger partial charge in [0, 0.05) is 43.5 Å². The van der Waals surface area contributed by atoms with Gasteiger partial charge in [-0.25, -0.2) is 8.78 Å². The lowest BCUT2D eigenvalue weighted by Crippen LogP contribution is -2.24. The summed E-state index contributed by atoms with van der Waals surface area (Å²) in [6, 6.07) is 12.8. The number of nitrogens with zero attached hydrogens (tertiary/aromatic N) is 2. The number of alkyl halides is 2. The van der Waals surface area contributed by atoms with Crippen LogP contribution >= 0.6 is 0 Å². The van der Waals surface area contributed by atoms with Gasteiger partial charge < -0.3 is 0 Å². The average Bonchev–Trinajstić information content (AvgIpc) is 2.80. The molecule has 1 radical (unpaired) electrons. The van der Waals surface area contributed by atoms with E-state index in [4.69, 9.17) is 0 Å². The lowest BCUT2D eigenvalue weighted by molar-refractivity contribution is 0.0115. The Bertz CT molecular complexity index is 567. The fraction of sp³-hybridized carbons (Fsp3) is 0.312. The maximum atomic E-state index is 13.1. The minimum Gasteiger partial charge on any atom is -0.293 e. The van der Waals surface area contributed by atoms with E-state index in [2.05, 4.69) is 11.1 Å². The molecule has 2 aromatic rings. The third kappa shape index (κ3) is 3.02. The molecule has 1 aromatic carbocycles. The highest BCUT2D eigenvalue weighted by atomic mass is 19.3. The summed E-state index contributed by atoms with van der Waals surface area (Å²) in [5.41, 5.74) is 3.12. The van der Waals surface area contributed by atoms with E-state index in [1.165, 1.54) is 0 Å². The average molecular weight is 273 g/mol. The summed E-state index contributed by atoms with van der Waals surface area (Å²) in [4.78, 5) is 5.83. The molecule has 0 N–H and O–H groups in total. The van der Waals surface area contributed by atoms with Crippen molar-refractivity contribution in [2.45, 2.75) is 18.9 Å². The highest BCUT2D eigenvalue weighted by Gasteiger charge is 2.37. The van der Waals surface area contributed by atoms with Crippen molar-refractivity contribution >= 4 is 0 Å². The topological polar surface area (TPSA) is 16.1 Å².